The first-order valence-electron chi connectivity index (χ1n) is 12.0. The highest BCUT2D eigenvalue weighted by Crippen LogP contribution is 2.30. The van der Waals surface area contributed by atoms with Gasteiger partial charge >= 0.3 is 6.09 Å². The molecular weight excluding hydrogens is 465 g/mol. The molecule has 9 nitrogen and oxygen atoms in total. The third-order valence-corrected chi connectivity index (χ3v) is 6.58. The number of hydrogen-bond acceptors (Lipinski definition) is 6. The average Bonchev–Trinajstić information content (AvgIpc) is 3.24. The van der Waals surface area contributed by atoms with E-state index in [-0.39, 0.29) is 18.4 Å². The number of ether oxygens (including phenoxy) is 1. The summed E-state index contributed by atoms with van der Waals surface area (Å²) in [5.74, 6) is 0.201. The quantitative estimate of drug-likeness (QED) is 0.644. The second-order valence-electron chi connectivity index (χ2n) is 10.2. The zero-order valence-electron chi connectivity index (χ0n) is 21.3. The van der Waals surface area contributed by atoms with E-state index in [0.717, 1.165) is 5.82 Å². The number of nitrogens with zero attached hydrogens (tertiary/aromatic N) is 5. The number of likely N-dealkylation sites (N-methyl/N-ethyl adjacent to an activating group) is 1. The number of anilines is 2. The predicted octanol–water partition coefficient (Wildman–Crippen LogP) is 3.34. The van der Waals surface area contributed by atoms with Crippen LogP contribution in [0.4, 0.5) is 20.7 Å². The molecule has 0 aliphatic carbocycles. The fourth-order valence-corrected chi connectivity index (χ4v) is 4.31. The maximum atomic E-state index is 15.1. The smallest absolute Gasteiger partial charge is 0.416 e. The highest BCUT2D eigenvalue weighted by atomic mass is 19.1. The minimum atomic E-state index is -0.720. The molecule has 0 N–H and O–H groups in total. The second kappa shape index (κ2) is 9.75. The van der Waals surface area contributed by atoms with Crippen LogP contribution in [0.3, 0.4) is 0 Å². The van der Waals surface area contributed by atoms with Crippen LogP contribution in [-0.2, 0) is 14.3 Å². The lowest BCUT2D eigenvalue weighted by Gasteiger charge is -2.38. The number of hydrogen-bond donors (Lipinski definition) is 0. The molecule has 1 atom stereocenters. The van der Waals surface area contributed by atoms with Gasteiger partial charge in [0.25, 0.3) is 0 Å². The maximum Gasteiger partial charge on any atom is 0.416 e. The van der Waals surface area contributed by atoms with Crippen molar-refractivity contribution < 1.29 is 23.5 Å². The van der Waals surface area contributed by atoms with E-state index >= 15 is 4.39 Å². The summed E-state index contributed by atoms with van der Waals surface area (Å²) in [4.78, 5) is 47.5. The van der Waals surface area contributed by atoms with Crippen molar-refractivity contribution in [1.82, 2.24) is 14.8 Å². The van der Waals surface area contributed by atoms with Gasteiger partial charge in [0.2, 0.25) is 11.8 Å². The van der Waals surface area contributed by atoms with E-state index in [1.54, 1.807) is 25.4 Å². The Morgan fingerprint density at radius 2 is 1.81 bits per heavy atom. The van der Waals surface area contributed by atoms with Gasteiger partial charge in [0.1, 0.15) is 11.6 Å². The molecule has 2 aromatic rings. The molecule has 4 rings (SSSR count). The summed E-state index contributed by atoms with van der Waals surface area (Å²) in [5.41, 5.74) is 0.933. The predicted molar refractivity (Wildman–Crippen MR) is 134 cm³/mol. The number of aromatic nitrogens is 1. The highest BCUT2D eigenvalue weighted by molar-refractivity contribution is 5.90. The Morgan fingerprint density at radius 3 is 2.36 bits per heavy atom. The van der Waals surface area contributed by atoms with Crippen molar-refractivity contribution in [2.75, 3.05) is 49.6 Å². The van der Waals surface area contributed by atoms with E-state index < -0.39 is 23.6 Å². The normalized spacial score (nSPS) is 18.3. The van der Waals surface area contributed by atoms with Gasteiger partial charge < -0.3 is 19.4 Å². The Morgan fingerprint density at radius 1 is 1.11 bits per heavy atom. The first kappa shape index (κ1) is 25.4. The third kappa shape index (κ3) is 5.12. The Balaban J connectivity index is 1.42. The lowest BCUT2D eigenvalue weighted by Crippen LogP contribution is -2.51. The summed E-state index contributed by atoms with van der Waals surface area (Å²) >= 11 is 0. The summed E-state index contributed by atoms with van der Waals surface area (Å²) in [6.07, 6.45) is 0.278. The number of carbonyl (C=O) groups excluding carboxylic acids is 3. The number of cyclic esters (lactones) is 1. The fraction of sp³-hybridized carbons (Fsp3) is 0.462. The number of benzene rings is 1. The molecule has 10 heteroatoms. The Bertz CT molecular complexity index is 1160. The first-order valence-corrected chi connectivity index (χ1v) is 12.0. The number of halogens is 1. The number of carbonyl (C=O) groups is 3. The molecule has 0 spiro atoms. The Labute approximate surface area is 210 Å². The van der Waals surface area contributed by atoms with E-state index in [2.05, 4.69) is 9.88 Å². The topological polar surface area (TPSA) is 86.3 Å². The standard InChI is InChI=1S/C26H32FN5O4/c1-17(33)29(5)23-16-32(25(35)36-23)19-7-8-20(21(27)14-19)18-6-9-22(28-15-18)30-10-12-31(13-11-30)24(34)26(2,3)4/h6-9,14-15,23H,10-13,16H2,1-5H3/t23-/m0/s1. The zero-order chi connectivity index (χ0) is 26.2. The number of pyridine rings is 1. The summed E-state index contributed by atoms with van der Waals surface area (Å²) in [5, 5.41) is 0. The molecule has 36 heavy (non-hydrogen) atoms. The number of piperazine rings is 1. The van der Waals surface area contributed by atoms with E-state index in [1.165, 1.54) is 22.8 Å². The molecule has 1 aromatic carbocycles. The molecule has 3 amide bonds. The van der Waals surface area contributed by atoms with Crippen LogP contribution in [0.5, 0.6) is 0 Å². The van der Waals surface area contributed by atoms with Crippen LogP contribution >= 0.6 is 0 Å². The molecule has 192 valence electrons. The van der Waals surface area contributed by atoms with E-state index in [4.69, 9.17) is 4.74 Å². The van der Waals surface area contributed by atoms with Crippen LogP contribution < -0.4 is 9.80 Å². The van der Waals surface area contributed by atoms with Gasteiger partial charge in [-0.1, -0.05) is 20.8 Å². The van der Waals surface area contributed by atoms with E-state index in [1.807, 2.05) is 37.8 Å². The van der Waals surface area contributed by atoms with Crippen LogP contribution in [0, 0.1) is 11.2 Å². The van der Waals surface area contributed by atoms with Crippen LogP contribution in [-0.4, -0.2) is 78.7 Å². The van der Waals surface area contributed by atoms with Crippen molar-refractivity contribution in [3.05, 3.63) is 42.3 Å². The monoisotopic (exact) mass is 497 g/mol. The van der Waals surface area contributed by atoms with Gasteiger partial charge in [-0.2, -0.15) is 0 Å². The first-order chi connectivity index (χ1) is 17.0. The van der Waals surface area contributed by atoms with Crippen molar-refractivity contribution in [3.8, 4) is 11.1 Å². The SMILES string of the molecule is CC(=O)N(C)[C@@H]1CN(c2ccc(-c3ccc(N4CCN(C(=O)C(C)(C)C)CC4)nc3)c(F)c2)C(=O)O1. The Hall–Kier alpha value is -3.69. The molecule has 2 aliphatic rings. The van der Waals surface area contributed by atoms with Crippen LogP contribution in [0.2, 0.25) is 0 Å². The van der Waals surface area contributed by atoms with Crippen molar-refractivity contribution in [1.29, 1.82) is 0 Å². The largest absolute Gasteiger partial charge is 0.423 e. The minimum Gasteiger partial charge on any atom is -0.423 e. The van der Waals surface area contributed by atoms with Crippen LogP contribution in [0.15, 0.2) is 36.5 Å². The zero-order valence-corrected chi connectivity index (χ0v) is 21.3. The maximum absolute atomic E-state index is 15.1. The van der Waals surface area contributed by atoms with Gasteiger partial charge in [-0.3, -0.25) is 14.5 Å². The fourth-order valence-electron chi connectivity index (χ4n) is 4.31. The molecule has 2 aliphatic heterocycles. The van der Waals surface area contributed by atoms with E-state index in [0.29, 0.717) is 43.0 Å². The van der Waals surface area contributed by atoms with Crippen molar-refractivity contribution >= 4 is 29.4 Å². The summed E-state index contributed by atoms with van der Waals surface area (Å²) < 4.78 is 20.3. The number of amides is 3. The van der Waals surface area contributed by atoms with Crippen molar-refractivity contribution in [2.24, 2.45) is 5.41 Å². The molecule has 1 aromatic heterocycles. The average molecular weight is 498 g/mol. The highest BCUT2D eigenvalue weighted by Gasteiger charge is 2.36. The van der Waals surface area contributed by atoms with Gasteiger partial charge in [-0.15, -0.1) is 0 Å². The van der Waals surface area contributed by atoms with Crippen molar-refractivity contribution in [3.63, 3.8) is 0 Å². The van der Waals surface area contributed by atoms with Gasteiger partial charge in [0.15, 0.2) is 6.23 Å². The Kier molecular flexibility index (Phi) is 6.88. The summed E-state index contributed by atoms with van der Waals surface area (Å²) in [7, 11) is 1.55. The molecule has 0 radical (unpaired) electrons. The second-order valence-corrected chi connectivity index (χ2v) is 10.2. The molecular formula is C26H32FN5O4. The minimum absolute atomic E-state index is 0.124. The third-order valence-electron chi connectivity index (χ3n) is 6.58. The molecule has 0 saturated carbocycles. The molecule has 3 heterocycles. The summed E-state index contributed by atoms with van der Waals surface area (Å²) in [6.45, 7) is 9.93. The van der Waals surface area contributed by atoms with Crippen LogP contribution in [0.25, 0.3) is 11.1 Å². The van der Waals surface area contributed by atoms with Gasteiger partial charge in [-0.25, -0.2) is 14.2 Å². The molecule has 0 unspecified atom stereocenters. The van der Waals surface area contributed by atoms with Crippen molar-refractivity contribution in [2.45, 2.75) is 33.9 Å². The summed E-state index contributed by atoms with van der Waals surface area (Å²) in [6, 6.07) is 8.20. The molecule has 0 bridgehead atoms. The van der Waals surface area contributed by atoms with Gasteiger partial charge in [-0.05, 0) is 30.3 Å². The number of rotatable bonds is 4. The lowest BCUT2D eigenvalue weighted by atomic mass is 9.94. The molecule has 2 saturated heterocycles. The lowest BCUT2D eigenvalue weighted by molar-refractivity contribution is -0.139. The van der Waals surface area contributed by atoms with Gasteiger partial charge in [0, 0.05) is 62.9 Å². The molecule has 2 fully saturated rings. The van der Waals surface area contributed by atoms with Crippen LogP contribution in [0.1, 0.15) is 27.7 Å². The van der Waals surface area contributed by atoms with E-state index in [9.17, 15) is 14.4 Å². The van der Waals surface area contributed by atoms with Gasteiger partial charge in [0.05, 0.1) is 12.2 Å².